The van der Waals surface area contributed by atoms with Gasteiger partial charge in [-0.05, 0) is 68.4 Å². The Morgan fingerprint density at radius 1 is 0.598 bits per heavy atom. The molecule has 4 aromatic rings. The van der Waals surface area contributed by atoms with E-state index in [1.54, 1.807) is 64.2 Å². The number of aromatic amines is 3. The van der Waals surface area contributed by atoms with Gasteiger partial charge in [0, 0.05) is 57.4 Å². The van der Waals surface area contributed by atoms with Crippen molar-refractivity contribution in [1.29, 1.82) is 0 Å². The number of aliphatic carboxylic acids is 1. The lowest BCUT2D eigenvalue weighted by Gasteiger charge is -2.31. The van der Waals surface area contributed by atoms with Crippen molar-refractivity contribution in [3.63, 3.8) is 0 Å². The van der Waals surface area contributed by atoms with Crippen LogP contribution in [0.1, 0.15) is 109 Å². The molecule has 1 saturated heterocycles. The Morgan fingerprint density at radius 3 is 1.57 bits per heavy atom. The van der Waals surface area contributed by atoms with Crippen LogP contribution in [0.5, 0.6) is 0 Å². The highest BCUT2D eigenvalue weighted by atomic mass is 16.4. The summed E-state index contributed by atoms with van der Waals surface area (Å²) in [5.41, 5.74) is 19.0. The van der Waals surface area contributed by atoms with Gasteiger partial charge in [0.1, 0.15) is 54.4 Å². The molecular weight excluding hydrogens is 1120 g/mol. The minimum Gasteiger partial charge on any atom is -0.480 e. The lowest BCUT2D eigenvalue weighted by Crippen LogP contribution is -2.62. The predicted octanol–water partition coefficient (Wildman–Crippen LogP) is -1.76. The fraction of sp³-hybridized carbons (Fsp3) is 0.569. The number of carboxylic acid groups (broad SMARTS) is 1. The number of aromatic nitrogens is 6. The summed E-state index contributed by atoms with van der Waals surface area (Å²) >= 11 is 0. The number of carbonyl (C=O) groups is 10. The van der Waals surface area contributed by atoms with E-state index in [1.165, 1.54) is 36.3 Å². The van der Waals surface area contributed by atoms with E-state index in [4.69, 9.17) is 17.2 Å². The van der Waals surface area contributed by atoms with Crippen LogP contribution < -0.4 is 59.7 Å². The second-order valence-electron chi connectivity index (χ2n) is 22.7. The number of amides is 9. The molecule has 1 aliphatic rings. The van der Waals surface area contributed by atoms with Gasteiger partial charge in [0.05, 0.1) is 42.1 Å². The van der Waals surface area contributed by atoms with Crippen LogP contribution in [0.2, 0.25) is 0 Å². The number of likely N-dealkylation sites (tertiary alicyclic amines) is 1. The van der Waals surface area contributed by atoms with Crippen molar-refractivity contribution in [2.75, 3.05) is 19.6 Å². The molecule has 29 nitrogen and oxygen atoms in total. The summed E-state index contributed by atoms with van der Waals surface area (Å²) in [5, 5.41) is 31.8. The molecule has 3 aromatic heterocycles. The van der Waals surface area contributed by atoms with E-state index in [2.05, 4.69) is 72.4 Å². The number of rotatable bonds is 36. The molecule has 87 heavy (non-hydrogen) atoms. The highest BCUT2D eigenvalue weighted by Crippen LogP contribution is 2.21. The van der Waals surface area contributed by atoms with Gasteiger partial charge >= 0.3 is 5.97 Å². The molecule has 476 valence electrons. The van der Waals surface area contributed by atoms with Gasteiger partial charge in [0.15, 0.2) is 0 Å². The van der Waals surface area contributed by atoms with Gasteiger partial charge in [0.25, 0.3) is 0 Å². The van der Waals surface area contributed by atoms with Gasteiger partial charge < -0.3 is 84.7 Å². The summed E-state index contributed by atoms with van der Waals surface area (Å²) in [7, 11) is 0. The van der Waals surface area contributed by atoms with Crippen LogP contribution in [0.25, 0.3) is 0 Å². The zero-order valence-corrected chi connectivity index (χ0v) is 50.3. The lowest BCUT2D eigenvalue weighted by atomic mass is 9.95. The van der Waals surface area contributed by atoms with Gasteiger partial charge in [0.2, 0.25) is 53.2 Å². The van der Waals surface area contributed by atoms with E-state index >= 15 is 0 Å². The Labute approximate surface area is 505 Å². The van der Waals surface area contributed by atoms with E-state index < -0.39 is 131 Å². The number of carboxylic acids is 1. The first kappa shape index (κ1) is 69.2. The third-order valence-corrected chi connectivity index (χ3v) is 15.1. The number of H-pyrrole nitrogens is 3. The van der Waals surface area contributed by atoms with Crippen molar-refractivity contribution in [2.45, 2.75) is 173 Å². The molecule has 1 fully saturated rings. The standard InChI is InChI=1S/C58H88N18O11/c1-7-34(6)48(56(84)72-44(23-37-27-63-30-66-37)51(79)68-40(58(86)87)16-11-12-18-59)75-55(83)47(33(4)5)74-53(81)41(20-32(2)3)69-52(80)43(22-36-26-62-29-65-36)70-50(78)42(21-35-14-9-8-10-15-35)71-54(82)46-17-13-19-76(46)57(85)45(24-38-28-64-31-67-38)73-49(77)39(61)25-60/h8-10,14-15,26-34,39-48H,7,11-13,16-25,59-61H2,1-6H3,(H,62,65)(H,63,66)(H,64,67)(H,68,79)(H,69,80)(H,70,78)(H,71,82)(H,72,84)(H,73,77)(H,74,81)(H,75,83)(H,86,87)/t34-,39-,40-,41-,42-,43-,44-,45-,46-,47-,48-/m0/s1. The molecule has 0 aliphatic carbocycles. The van der Waals surface area contributed by atoms with Gasteiger partial charge in [-0.15, -0.1) is 0 Å². The van der Waals surface area contributed by atoms with Crippen LogP contribution in [0.3, 0.4) is 0 Å². The Hall–Kier alpha value is -8.57. The van der Waals surface area contributed by atoms with Crippen LogP contribution in [0.4, 0.5) is 0 Å². The summed E-state index contributed by atoms with van der Waals surface area (Å²) in [6, 6.07) is -3.68. The molecule has 0 radical (unpaired) electrons. The summed E-state index contributed by atoms with van der Waals surface area (Å²) in [6.45, 7) is 10.8. The highest BCUT2D eigenvalue weighted by molar-refractivity contribution is 5.99. The molecule has 11 atom stereocenters. The number of imidazole rings is 3. The first-order valence-corrected chi connectivity index (χ1v) is 29.6. The van der Waals surface area contributed by atoms with Gasteiger partial charge in [-0.1, -0.05) is 78.3 Å². The largest absolute Gasteiger partial charge is 0.480 e. The molecule has 1 aromatic carbocycles. The molecule has 29 heteroatoms. The second kappa shape index (κ2) is 34.5. The monoisotopic (exact) mass is 1210 g/mol. The second-order valence-corrected chi connectivity index (χ2v) is 22.7. The number of hydrogen-bond acceptors (Lipinski definition) is 16. The van der Waals surface area contributed by atoms with Crippen LogP contribution in [0, 0.1) is 17.8 Å². The zero-order valence-electron chi connectivity index (χ0n) is 50.3. The smallest absolute Gasteiger partial charge is 0.326 e. The molecule has 0 saturated carbocycles. The maximum absolute atomic E-state index is 14.7. The first-order valence-electron chi connectivity index (χ1n) is 29.6. The Kier molecular flexibility index (Phi) is 27.5. The number of nitrogens with one attached hydrogen (secondary N) is 11. The van der Waals surface area contributed by atoms with E-state index in [-0.39, 0.29) is 64.0 Å². The van der Waals surface area contributed by atoms with Gasteiger partial charge in [-0.25, -0.2) is 19.7 Å². The minimum atomic E-state index is -1.40. The Morgan fingerprint density at radius 2 is 1.08 bits per heavy atom. The maximum Gasteiger partial charge on any atom is 0.326 e. The number of hydrogen-bond donors (Lipinski definition) is 15. The summed E-state index contributed by atoms with van der Waals surface area (Å²) in [6.07, 6.45) is 10.6. The number of unbranched alkanes of at least 4 members (excludes halogenated alkanes) is 1. The SMILES string of the molecule is CC[C@H](C)[C@H](NC(=O)[C@@H](NC(=O)[C@H](CC(C)C)NC(=O)[C@H](Cc1c[nH]cn1)NC(=O)[C@H](Cc1ccccc1)NC(=O)[C@@H]1CCCN1C(=O)[C@H](Cc1c[nH]cn1)NC(=O)[C@@H](N)CN)C(C)C)C(=O)N[C@@H](Cc1c[nH]cn1)C(=O)N[C@@H](CCCCN)C(=O)O. The normalized spacial score (nSPS) is 16.6. The molecule has 0 unspecified atom stereocenters. The Bertz CT molecular complexity index is 2850. The molecular formula is C58H88N18O11. The van der Waals surface area contributed by atoms with Crippen molar-refractivity contribution in [1.82, 2.24) is 77.3 Å². The zero-order chi connectivity index (χ0) is 63.7. The summed E-state index contributed by atoms with van der Waals surface area (Å²) < 4.78 is 0. The number of carbonyl (C=O) groups excluding carboxylic acids is 9. The summed E-state index contributed by atoms with van der Waals surface area (Å²) in [5.74, 6) is -9.13. The molecule has 9 amide bonds. The predicted molar refractivity (Wildman–Crippen MR) is 319 cm³/mol. The topological polar surface area (TPSA) is 455 Å². The molecule has 5 rings (SSSR count). The average Bonchev–Trinajstić information content (AvgIpc) is 2.66. The highest BCUT2D eigenvalue weighted by Gasteiger charge is 2.41. The molecule has 18 N–H and O–H groups in total. The number of benzene rings is 1. The number of nitrogens with zero attached hydrogens (tertiary/aromatic N) is 4. The molecule has 0 spiro atoms. The van der Waals surface area contributed by atoms with Crippen LogP contribution >= 0.6 is 0 Å². The fourth-order valence-corrected chi connectivity index (χ4v) is 9.94. The summed E-state index contributed by atoms with van der Waals surface area (Å²) in [4.78, 5) is 163. The van der Waals surface area contributed by atoms with Crippen molar-refractivity contribution >= 4 is 59.1 Å². The van der Waals surface area contributed by atoms with E-state index in [1.807, 2.05) is 13.8 Å². The van der Waals surface area contributed by atoms with Gasteiger partial charge in [-0.2, -0.15) is 0 Å². The van der Waals surface area contributed by atoms with E-state index in [0.29, 0.717) is 54.9 Å². The lowest BCUT2D eigenvalue weighted by molar-refractivity contribution is -0.142. The number of nitrogens with two attached hydrogens (primary N) is 3. The quantitative estimate of drug-likeness (QED) is 0.0224. The van der Waals surface area contributed by atoms with Crippen LogP contribution in [-0.4, -0.2) is 179 Å². The van der Waals surface area contributed by atoms with Crippen molar-refractivity contribution < 1.29 is 53.1 Å². The average molecular weight is 1210 g/mol. The fourth-order valence-electron chi connectivity index (χ4n) is 9.94. The van der Waals surface area contributed by atoms with Crippen LogP contribution in [-0.2, 0) is 73.6 Å². The Balaban J connectivity index is 1.35. The van der Waals surface area contributed by atoms with Gasteiger partial charge in [-0.3, -0.25) is 43.2 Å². The molecule has 1 aliphatic heterocycles. The third-order valence-electron chi connectivity index (χ3n) is 15.1. The maximum atomic E-state index is 14.7. The molecule has 0 bridgehead atoms. The van der Waals surface area contributed by atoms with Crippen molar-refractivity contribution in [3.8, 4) is 0 Å². The van der Waals surface area contributed by atoms with Crippen molar-refractivity contribution in [3.05, 3.63) is 90.5 Å². The molecule has 4 heterocycles. The van der Waals surface area contributed by atoms with Crippen molar-refractivity contribution in [2.24, 2.45) is 35.0 Å². The third kappa shape index (κ3) is 21.4. The van der Waals surface area contributed by atoms with E-state index in [9.17, 15) is 53.1 Å². The van der Waals surface area contributed by atoms with Crippen LogP contribution in [0.15, 0.2) is 67.9 Å². The van der Waals surface area contributed by atoms with E-state index in [0.717, 1.165) is 0 Å². The minimum absolute atomic E-state index is 0.0301. The first-order chi connectivity index (χ1) is 41.5.